The van der Waals surface area contributed by atoms with Crippen molar-refractivity contribution in [2.24, 2.45) is 0 Å². The third kappa shape index (κ3) is 11.1. The molecule has 0 rings (SSSR count). The summed E-state index contributed by atoms with van der Waals surface area (Å²) in [6, 6.07) is 0. The molecule has 0 aliphatic carbocycles. The predicted molar refractivity (Wildman–Crippen MR) is 44.6 cm³/mol. The zero-order valence-corrected chi connectivity index (χ0v) is 7.62. The molecular formula is C8H14O5. The van der Waals surface area contributed by atoms with Crippen LogP contribution in [0.25, 0.3) is 0 Å². The molecule has 5 nitrogen and oxygen atoms in total. The lowest BCUT2D eigenvalue weighted by Crippen LogP contribution is -2.11. The predicted octanol–water partition coefficient (Wildman–Crippen LogP) is 0.0833. The summed E-state index contributed by atoms with van der Waals surface area (Å²) in [5.41, 5.74) is 0. The van der Waals surface area contributed by atoms with E-state index in [1.807, 2.05) is 0 Å². The molecule has 0 aliphatic rings. The van der Waals surface area contributed by atoms with Crippen molar-refractivity contribution in [3.05, 3.63) is 0 Å². The van der Waals surface area contributed by atoms with Crippen LogP contribution in [-0.4, -0.2) is 43.3 Å². The fourth-order valence-electron chi connectivity index (χ4n) is 0.595. The van der Waals surface area contributed by atoms with Crippen LogP contribution in [0.4, 0.5) is 0 Å². The van der Waals surface area contributed by atoms with Crippen molar-refractivity contribution in [3.63, 3.8) is 0 Å². The van der Waals surface area contributed by atoms with E-state index in [9.17, 15) is 9.59 Å². The molecular weight excluding hydrogens is 176 g/mol. The van der Waals surface area contributed by atoms with Crippen LogP contribution in [0.3, 0.4) is 0 Å². The van der Waals surface area contributed by atoms with Gasteiger partial charge in [0.15, 0.2) is 5.78 Å². The lowest BCUT2D eigenvalue weighted by atomic mass is 10.5. The summed E-state index contributed by atoms with van der Waals surface area (Å²) in [7, 11) is 0. The zero-order chi connectivity index (χ0) is 10.1. The highest BCUT2D eigenvalue weighted by atomic mass is 16.5. The van der Waals surface area contributed by atoms with Gasteiger partial charge in [-0.1, -0.05) is 0 Å². The van der Waals surface area contributed by atoms with Gasteiger partial charge in [0, 0.05) is 0 Å². The number of carboxylic acid groups (broad SMARTS) is 1. The molecule has 0 saturated carbocycles. The first-order valence-electron chi connectivity index (χ1n) is 3.99. The van der Waals surface area contributed by atoms with E-state index in [1.54, 1.807) is 0 Å². The second kappa shape index (κ2) is 7.70. The van der Waals surface area contributed by atoms with Crippen LogP contribution < -0.4 is 0 Å². The highest BCUT2D eigenvalue weighted by molar-refractivity contribution is 5.76. The van der Waals surface area contributed by atoms with E-state index in [2.05, 4.69) is 0 Å². The van der Waals surface area contributed by atoms with Gasteiger partial charge in [-0.05, 0) is 6.92 Å². The lowest BCUT2D eigenvalue weighted by Gasteiger charge is -2.02. The number of rotatable bonds is 8. The number of carboxylic acids is 1. The molecule has 0 fully saturated rings. The monoisotopic (exact) mass is 190 g/mol. The number of hydrogen-bond acceptors (Lipinski definition) is 4. The van der Waals surface area contributed by atoms with Gasteiger partial charge in [0.05, 0.1) is 26.2 Å². The number of ketones is 1. The highest BCUT2D eigenvalue weighted by Gasteiger charge is 1.96. The van der Waals surface area contributed by atoms with Crippen molar-refractivity contribution in [2.45, 2.75) is 13.3 Å². The minimum atomic E-state index is -0.885. The number of carbonyl (C=O) groups is 2. The second-order valence-corrected chi connectivity index (χ2v) is 2.51. The average molecular weight is 190 g/mol. The van der Waals surface area contributed by atoms with Gasteiger partial charge in [0.1, 0.15) is 6.61 Å². The lowest BCUT2D eigenvalue weighted by molar-refractivity contribution is -0.138. The Kier molecular flexibility index (Phi) is 7.14. The number of ether oxygens (including phenoxy) is 2. The molecule has 0 aromatic carbocycles. The van der Waals surface area contributed by atoms with Crippen LogP contribution in [0.2, 0.25) is 0 Å². The first-order chi connectivity index (χ1) is 6.13. The fraction of sp³-hybridized carbons (Fsp3) is 0.750. The number of hydrogen-bond donors (Lipinski definition) is 1. The van der Waals surface area contributed by atoms with E-state index in [0.717, 1.165) is 0 Å². The van der Waals surface area contributed by atoms with Crippen molar-refractivity contribution < 1.29 is 24.2 Å². The molecule has 0 aromatic heterocycles. The maximum atomic E-state index is 10.4. The number of aliphatic carboxylic acids is 1. The molecule has 0 heterocycles. The third-order valence-electron chi connectivity index (χ3n) is 1.14. The fourth-order valence-corrected chi connectivity index (χ4v) is 0.595. The second-order valence-electron chi connectivity index (χ2n) is 2.51. The van der Waals surface area contributed by atoms with Gasteiger partial charge in [-0.2, -0.15) is 0 Å². The summed E-state index contributed by atoms with van der Waals surface area (Å²) in [4.78, 5) is 20.4. The van der Waals surface area contributed by atoms with Crippen LogP contribution in [0.1, 0.15) is 13.3 Å². The zero-order valence-electron chi connectivity index (χ0n) is 7.62. The van der Waals surface area contributed by atoms with Crippen molar-refractivity contribution >= 4 is 11.8 Å². The van der Waals surface area contributed by atoms with Crippen LogP contribution in [0.5, 0.6) is 0 Å². The first kappa shape index (κ1) is 12.1. The summed E-state index contributed by atoms with van der Waals surface area (Å²) in [6.45, 7) is 2.34. The van der Waals surface area contributed by atoms with Crippen molar-refractivity contribution in [3.8, 4) is 0 Å². The summed E-state index contributed by atoms with van der Waals surface area (Å²) in [5.74, 6) is -0.921. The van der Waals surface area contributed by atoms with Crippen molar-refractivity contribution in [1.82, 2.24) is 0 Å². The van der Waals surface area contributed by atoms with E-state index in [1.165, 1.54) is 6.92 Å². The van der Waals surface area contributed by atoms with E-state index in [0.29, 0.717) is 13.2 Å². The normalized spacial score (nSPS) is 9.92. The van der Waals surface area contributed by atoms with Gasteiger partial charge in [-0.3, -0.25) is 9.59 Å². The molecule has 0 aliphatic heterocycles. The molecule has 0 radical (unpaired) electrons. The Morgan fingerprint density at radius 2 is 1.77 bits per heavy atom. The van der Waals surface area contributed by atoms with Crippen molar-refractivity contribution in [1.29, 1.82) is 0 Å². The highest BCUT2D eigenvalue weighted by Crippen LogP contribution is 1.84. The Bertz CT molecular complexity index is 148. The van der Waals surface area contributed by atoms with Gasteiger partial charge in [0.25, 0.3) is 0 Å². The minimum Gasteiger partial charge on any atom is -0.481 e. The Hall–Kier alpha value is -0.940. The molecule has 0 atom stereocenters. The first-order valence-corrected chi connectivity index (χ1v) is 3.99. The Morgan fingerprint density at radius 1 is 1.15 bits per heavy atom. The van der Waals surface area contributed by atoms with E-state index >= 15 is 0 Å². The standard InChI is InChI=1S/C8H14O5/c1-7(9)6-13-5-4-12-3-2-8(10)11/h2-6H2,1H3,(H,10,11). The summed E-state index contributed by atoms with van der Waals surface area (Å²) >= 11 is 0. The minimum absolute atomic E-state index is 0.00723. The van der Waals surface area contributed by atoms with Gasteiger partial charge in [-0.15, -0.1) is 0 Å². The Morgan fingerprint density at radius 3 is 2.31 bits per heavy atom. The van der Waals surface area contributed by atoms with E-state index in [4.69, 9.17) is 14.6 Å². The van der Waals surface area contributed by atoms with E-state index < -0.39 is 5.97 Å². The molecule has 0 aromatic rings. The summed E-state index contributed by atoms with van der Waals surface area (Å²) < 4.78 is 9.79. The maximum absolute atomic E-state index is 10.4. The largest absolute Gasteiger partial charge is 0.481 e. The molecule has 0 spiro atoms. The third-order valence-corrected chi connectivity index (χ3v) is 1.14. The van der Waals surface area contributed by atoms with E-state index in [-0.39, 0.29) is 25.4 Å². The van der Waals surface area contributed by atoms with Gasteiger partial charge >= 0.3 is 5.97 Å². The molecule has 0 amide bonds. The van der Waals surface area contributed by atoms with Crippen LogP contribution in [0.15, 0.2) is 0 Å². The molecule has 76 valence electrons. The molecule has 5 heteroatoms. The maximum Gasteiger partial charge on any atom is 0.305 e. The molecule has 0 saturated heterocycles. The van der Waals surface area contributed by atoms with Crippen molar-refractivity contribution in [2.75, 3.05) is 26.4 Å². The number of Topliss-reactive ketones (excluding diaryl/α,β-unsaturated/α-hetero) is 1. The SMILES string of the molecule is CC(=O)COCCOCCC(=O)O. The van der Waals surface area contributed by atoms with Gasteiger partial charge < -0.3 is 14.6 Å². The van der Waals surface area contributed by atoms with Crippen LogP contribution in [0, 0.1) is 0 Å². The molecule has 13 heavy (non-hydrogen) atoms. The molecule has 0 unspecified atom stereocenters. The van der Waals surface area contributed by atoms with Crippen LogP contribution in [-0.2, 0) is 19.1 Å². The molecule has 0 bridgehead atoms. The smallest absolute Gasteiger partial charge is 0.305 e. The molecule has 1 N–H and O–H groups in total. The average Bonchev–Trinajstić information content (AvgIpc) is 2.01. The Balaban J connectivity index is 3.00. The summed E-state index contributed by atoms with van der Waals surface area (Å²) in [5, 5.41) is 8.23. The number of carbonyl (C=O) groups excluding carboxylic acids is 1. The topological polar surface area (TPSA) is 72.8 Å². The van der Waals surface area contributed by atoms with Gasteiger partial charge in [0.2, 0.25) is 0 Å². The van der Waals surface area contributed by atoms with Crippen LogP contribution >= 0.6 is 0 Å². The summed E-state index contributed by atoms with van der Waals surface area (Å²) in [6.07, 6.45) is -0.00723. The quantitative estimate of drug-likeness (QED) is 0.549. The Labute approximate surface area is 76.6 Å². The van der Waals surface area contributed by atoms with Gasteiger partial charge in [-0.25, -0.2) is 0 Å².